The van der Waals surface area contributed by atoms with Gasteiger partial charge in [-0.15, -0.1) is 0 Å². The number of hydroxylamine groups is 1. The maximum absolute atomic E-state index is 12.1. The molecule has 1 saturated heterocycles. The van der Waals surface area contributed by atoms with Crippen molar-refractivity contribution in [3.8, 4) is 0 Å². The lowest BCUT2D eigenvalue weighted by Gasteiger charge is -2.19. The SMILES string of the molecule is O=C(NO)c1ccc(/C=C(\CNc2cnc3ccccc3c2)CN2CCCC2=O)cc1. The minimum Gasteiger partial charge on any atom is -0.380 e. The van der Waals surface area contributed by atoms with Crippen molar-refractivity contribution >= 4 is 34.5 Å². The molecule has 2 heterocycles. The summed E-state index contributed by atoms with van der Waals surface area (Å²) in [5, 5.41) is 13.2. The minimum absolute atomic E-state index is 0.174. The lowest BCUT2D eigenvalue weighted by atomic mass is 10.1. The molecule has 1 aromatic heterocycles. The van der Waals surface area contributed by atoms with E-state index in [1.165, 1.54) is 0 Å². The number of fused-ring (bicyclic) bond motifs is 1. The molecule has 7 nitrogen and oxygen atoms in total. The molecule has 2 aromatic carbocycles. The number of likely N-dealkylation sites (tertiary alicyclic amines) is 1. The summed E-state index contributed by atoms with van der Waals surface area (Å²) in [6.45, 7) is 1.87. The first kappa shape index (κ1) is 20.6. The Labute approximate surface area is 180 Å². The molecule has 0 aliphatic carbocycles. The normalized spacial score (nSPS) is 14.2. The second-order valence-electron chi connectivity index (χ2n) is 7.55. The van der Waals surface area contributed by atoms with Crippen LogP contribution in [0.15, 0.2) is 66.4 Å². The van der Waals surface area contributed by atoms with E-state index >= 15 is 0 Å². The third kappa shape index (κ3) is 5.07. The second-order valence-corrected chi connectivity index (χ2v) is 7.55. The number of para-hydroxylation sites is 1. The standard InChI is InChI=1S/C24H24N4O3/c29-23-6-3-11-28(23)16-18(12-17-7-9-19(10-8-17)24(30)27-31)14-25-21-13-20-4-1-2-5-22(20)26-15-21/h1-2,4-5,7-10,12-13,15,25,31H,3,6,11,14,16H2,(H,27,30)/b18-12+. The zero-order chi connectivity index (χ0) is 21.6. The maximum Gasteiger partial charge on any atom is 0.274 e. The Kier molecular flexibility index (Phi) is 6.24. The lowest BCUT2D eigenvalue weighted by Crippen LogP contribution is -2.28. The molecule has 31 heavy (non-hydrogen) atoms. The number of nitrogens with one attached hydrogen (secondary N) is 2. The van der Waals surface area contributed by atoms with E-state index in [-0.39, 0.29) is 5.91 Å². The second kappa shape index (κ2) is 9.40. The van der Waals surface area contributed by atoms with E-state index < -0.39 is 5.91 Å². The number of amides is 2. The monoisotopic (exact) mass is 416 g/mol. The molecule has 0 bridgehead atoms. The van der Waals surface area contributed by atoms with Gasteiger partial charge in [0.1, 0.15) is 0 Å². The van der Waals surface area contributed by atoms with Crippen molar-refractivity contribution in [3.63, 3.8) is 0 Å². The summed E-state index contributed by atoms with van der Waals surface area (Å²) in [5.74, 6) is -0.378. The smallest absolute Gasteiger partial charge is 0.274 e. The molecule has 0 radical (unpaired) electrons. The summed E-state index contributed by atoms with van der Waals surface area (Å²) in [4.78, 5) is 30.0. The van der Waals surface area contributed by atoms with Crippen LogP contribution in [0, 0.1) is 0 Å². The summed E-state index contributed by atoms with van der Waals surface area (Å²) in [6, 6.07) is 16.9. The molecule has 0 unspecified atom stereocenters. The van der Waals surface area contributed by atoms with Gasteiger partial charge in [-0.05, 0) is 41.8 Å². The topological polar surface area (TPSA) is 94.6 Å². The van der Waals surface area contributed by atoms with Crippen LogP contribution in [0.5, 0.6) is 0 Å². The first-order chi connectivity index (χ1) is 15.1. The fraction of sp³-hybridized carbons (Fsp3) is 0.208. The van der Waals surface area contributed by atoms with E-state index in [4.69, 9.17) is 5.21 Å². The van der Waals surface area contributed by atoms with Gasteiger partial charge in [-0.2, -0.15) is 0 Å². The Morgan fingerprint density at radius 1 is 1.16 bits per heavy atom. The number of nitrogens with zero attached hydrogens (tertiary/aromatic N) is 2. The van der Waals surface area contributed by atoms with Crippen LogP contribution in [-0.4, -0.2) is 46.5 Å². The molecule has 0 atom stereocenters. The van der Waals surface area contributed by atoms with Crippen molar-refractivity contribution in [2.24, 2.45) is 0 Å². The van der Waals surface area contributed by atoms with Crippen molar-refractivity contribution in [3.05, 3.63) is 77.5 Å². The van der Waals surface area contributed by atoms with Gasteiger partial charge in [0.25, 0.3) is 5.91 Å². The Hall–Kier alpha value is -3.71. The number of carbonyl (C=O) groups is 2. The lowest BCUT2D eigenvalue weighted by molar-refractivity contribution is -0.127. The van der Waals surface area contributed by atoms with Gasteiger partial charge in [-0.1, -0.05) is 36.4 Å². The fourth-order valence-corrected chi connectivity index (χ4v) is 3.68. The van der Waals surface area contributed by atoms with Crippen LogP contribution in [0.3, 0.4) is 0 Å². The van der Waals surface area contributed by atoms with E-state index in [0.29, 0.717) is 25.1 Å². The van der Waals surface area contributed by atoms with Gasteiger partial charge in [0.2, 0.25) is 5.91 Å². The highest BCUT2D eigenvalue weighted by Gasteiger charge is 2.20. The summed E-state index contributed by atoms with van der Waals surface area (Å²) >= 11 is 0. The Balaban J connectivity index is 1.53. The van der Waals surface area contributed by atoms with Crippen LogP contribution < -0.4 is 10.8 Å². The van der Waals surface area contributed by atoms with Crippen LogP contribution in [0.25, 0.3) is 17.0 Å². The van der Waals surface area contributed by atoms with Crippen LogP contribution in [-0.2, 0) is 4.79 Å². The van der Waals surface area contributed by atoms with E-state index in [1.807, 2.05) is 53.6 Å². The average molecular weight is 416 g/mol. The summed E-state index contributed by atoms with van der Waals surface area (Å²) in [6.07, 6.45) is 5.32. The molecule has 3 N–H and O–H groups in total. The quantitative estimate of drug-likeness (QED) is 0.405. The average Bonchev–Trinajstić information content (AvgIpc) is 3.21. The molecule has 158 valence electrons. The molecule has 1 aliphatic heterocycles. The molecule has 7 heteroatoms. The van der Waals surface area contributed by atoms with Crippen LogP contribution in [0.2, 0.25) is 0 Å². The molecule has 1 aliphatic rings. The van der Waals surface area contributed by atoms with E-state index in [9.17, 15) is 9.59 Å². The van der Waals surface area contributed by atoms with Gasteiger partial charge in [-0.3, -0.25) is 19.8 Å². The number of carbonyl (C=O) groups excluding carboxylic acids is 2. The third-order valence-electron chi connectivity index (χ3n) is 5.32. The number of aromatic nitrogens is 1. The van der Waals surface area contributed by atoms with Crippen molar-refractivity contribution < 1.29 is 14.8 Å². The number of hydrogen-bond donors (Lipinski definition) is 3. The fourth-order valence-electron chi connectivity index (χ4n) is 3.68. The molecule has 2 amide bonds. The first-order valence-corrected chi connectivity index (χ1v) is 10.2. The van der Waals surface area contributed by atoms with Crippen LogP contribution in [0.4, 0.5) is 5.69 Å². The zero-order valence-corrected chi connectivity index (χ0v) is 17.0. The first-order valence-electron chi connectivity index (χ1n) is 10.2. The van der Waals surface area contributed by atoms with E-state index in [0.717, 1.165) is 40.7 Å². The Morgan fingerprint density at radius 3 is 2.71 bits per heavy atom. The van der Waals surface area contributed by atoms with E-state index in [1.54, 1.807) is 17.6 Å². The van der Waals surface area contributed by atoms with Crippen molar-refractivity contribution in [1.29, 1.82) is 0 Å². The van der Waals surface area contributed by atoms with Gasteiger partial charge in [-0.25, -0.2) is 5.48 Å². The van der Waals surface area contributed by atoms with Crippen molar-refractivity contribution in [2.75, 3.05) is 25.0 Å². The Morgan fingerprint density at radius 2 is 1.97 bits per heavy atom. The van der Waals surface area contributed by atoms with Crippen LogP contribution >= 0.6 is 0 Å². The molecule has 3 aromatic rings. The Bertz CT molecular complexity index is 1130. The van der Waals surface area contributed by atoms with Crippen LogP contribution in [0.1, 0.15) is 28.8 Å². The number of hydrogen-bond acceptors (Lipinski definition) is 5. The molecule has 4 rings (SSSR count). The third-order valence-corrected chi connectivity index (χ3v) is 5.32. The number of rotatable bonds is 7. The molecule has 0 spiro atoms. The highest BCUT2D eigenvalue weighted by molar-refractivity contribution is 5.93. The van der Waals surface area contributed by atoms with Gasteiger partial charge >= 0.3 is 0 Å². The summed E-state index contributed by atoms with van der Waals surface area (Å²) in [5.41, 5.74) is 5.81. The minimum atomic E-state index is -0.552. The summed E-state index contributed by atoms with van der Waals surface area (Å²) in [7, 11) is 0. The van der Waals surface area contributed by atoms with Crippen molar-refractivity contribution in [1.82, 2.24) is 15.4 Å². The zero-order valence-electron chi connectivity index (χ0n) is 17.0. The predicted octanol–water partition coefficient (Wildman–Crippen LogP) is 3.47. The van der Waals surface area contributed by atoms with E-state index in [2.05, 4.69) is 16.4 Å². The van der Waals surface area contributed by atoms with Gasteiger partial charge < -0.3 is 10.2 Å². The van der Waals surface area contributed by atoms with Gasteiger partial charge in [0.15, 0.2) is 0 Å². The van der Waals surface area contributed by atoms with Gasteiger partial charge in [0, 0.05) is 37.0 Å². The molecular formula is C24H24N4O3. The van der Waals surface area contributed by atoms with Gasteiger partial charge in [0.05, 0.1) is 17.4 Å². The molecular weight excluding hydrogens is 392 g/mol. The molecule has 1 fully saturated rings. The predicted molar refractivity (Wildman–Crippen MR) is 120 cm³/mol. The maximum atomic E-state index is 12.1. The van der Waals surface area contributed by atoms with Crippen molar-refractivity contribution in [2.45, 2.75) is 12.8 Å². The number of pyridine rings is 1. The molecule has 0 saturated carbocycles. The number of anilines is 1. The highest BCUT2D eigenvalue weighted by atomic mass is 16.5. The highest BCUT2D eigenvalue weighted by Crippen LogP contribution is 2.19. The largest absolute Gasteiger partial charge is 0.380 e. The summed E-state index contributed by atoms with van der Waals surface area (Å²) < 4.78 is 0. The number of benzene rings is 2.